The molecule has 0 radical (unpaired) electrons. The van der Waals surface area contributed by atoms with Gasteiger partial charge in [0.2, 0.25) is 0 Å². The molecule has 0 aliphatic carbocycles. The molecule has 0 saturated heterocycles. The molecule has 2 heterocycles. The van der Waals surface area contributed by atoms with Crippen molar-refractivity contribution in [2.24, 2.45) is 4.99 Å². The number of halogens is 1. The number of aromatic nitrogens is 3. The lowest BCUT2D eigenvalue weighted by Gasteiger charge is -2.13. The van der Waals surface area contributed by atoms with Crippen LogP contribution in [0.4, 0.5) is 0 Å². The van der Waals surface area contributed by atoms with E-state index < -0.39 is 0 Å². The van der Waals surface area contributed by atoms with Crippen molar-refractivity contribution in [3.05, 3.63) is 41.0 Å². The largest absolute Gasteiger partial charge is 0.496 e. The Morgan fingerprint density at radius 1 is 1.21 bits per heavy atom. The molecule has 1 aromatic heterocycles. The summed E-state index contributed by atoms with van der Waals surface area (Å²) in [6.07, 6.45) is 5.60. The predicted octanol–water partition coefficient (Wildman–Crippen LogP) is 2.85. The molecule has 8 heteroatoms. The van der Waals surface area contributed by atoms with Crippen molar-refractivity contribution in [2.75, 3.05) is 20.7 Å². The minimum atomic E-state index is 0. The Bertz CT molecular complexity index is 789. The highest BCUT2D eigenvalue weighted by molar-refractivity contribution is 14.0. The van der Waals surface area contributed by atoms with Gasteiger partial charge in [-0.2, -0.15) is 0 Å². The fourth-order valence-corrected chi connectivity index (χ4v) is 3.40. The van der Waals surface area contributed by atoms with Crippen LogP contribution in [0, 0.1) is 6.92 Å². The number of hydrogen-bond donors (Lipinski definition) is 2. The molecule has 1 aliphatic rings. The first-order chi connectivity index (χ1) is 13.2. The molecule has 0 saturated carbocycles. The minimum absolute atomic E-state index is 0. The van der Waals surface area contributed by atoms with Crippen LogP contribution in [0.5, 0.6) is 5.75 Å². The molecule has 0 unspecified atom stereocenters. The number of rotatable bonds is 6. The van der Waals surface area contributed by atoms with E-state index in [1.807, 2.05) is 0 Å². The van der Waals surface area contributed by atoms with Gasteiger partial charge in [-0.15, -0.1) is 34.2 Å². The first kappa shape index (κ1) is 22.4. The maximum atomic E-state index is 5.40. The van der Waals surface area contributed by atoms with Crippen molar-refractivity contribution in [3.63, 3.8) is 0 Å². The number of hydrogen-bond acceptors (Lipinski definition) is 4. The van der Waals surface area contributed by atoms with Crippen LogP contribution in [-0.2, 0) is 25.9 Å². The van der Waals surface area contributed by atoms with Gasteiger partial charge in [0.1, 0.15) is 11.6 Å². The normalized spacial score (nSPS) is 13.9. The second kappa shape index (κ2) is 11.2. The molecular weight excluding hydrogens is 467 g/mol. The van der Waals surface area contributed by atoms with Crippen molar-refractivity contribution in [2.45, 2.75) is 52.1 Å². The number of nitrogens with one attached hydrogen (secondary N) is 2. The molecule has 0 fully saturated rings. The molecule has 0 atom stereocenters. The molecule has 0 spiro atoms. The van der Waals surface area contributed by atoms with Crippen LogP contribution in [0.3, 0.4) is 0 Å². The van der Waals surface area contributed by atoms with E-state index >= 15 is 0 Å². The van der Waals surface area contributed by atoms with E-state index in [1.54, 1.807) is 14.2 Å². The van der Waals surface area contributed by atoms with E-state index in [-0.39, 0.29) is 24.0 Å². The molecule has 28 heavy (non-hydrogen) atoms. The van der Waals surface area contributed by atoms with Gasteiger partial charge in [-0.3, -0.25) is 4.99 Å². The van der Waals surface area contributed by atoms with Crippen LogP contribution in [0.1, 0.15) is 42.0 Å². The van der Waals surface area contributed by atoms with Crippen molar-refractivity contribution in [3.8, 4) is 5.75 Å². The lowest BCUT2D eigenvalue weighted by atomic mass is 10.1. The summed E-state index contributed by atoms with van der Waals surface area (Å²) in [6.45, 7) is 4.49. The molecule has 1 aromatic carbocycles. The maximum Gasteiger partial charge on any atom is 0.191 e. The highest BCUT2D eigenvalue weighted by Crippen LogP contribution is 2.19. The molecule has 1 aliphatic heterocycles. The van der Waals surface area contributed by atoms with Gasteiger partial charge in [0.05, 0.1) is 13.7 Å². The molecule has 2 N–H and O–H groups in total. The first-order valence-electron chi connectivity index (χ1n) is 9.70. The highest BCUT2D eigenvalue weighted by Gasteiger charge is 2.14. The second-order valence-electron chi connectivity index (χ2n) is 6.90. The summed E-state index contributed by atoms with van der Waals surface area (Å²) in [6, 6.07) is 6.33. The number of guanidine groups is 1. The number of nitrogens with zero attached hydrogens (tertiary/aromatic N) is 4. The van der Waals surface area contributed by atoms with Crippen LogP contribution in [-0.4, -0.2) is 41.4 Å². The number of aryl methyl sites for hydroxylation is 2. The highest BCUT2D eigenvalue weighted by atomic mass is 127. The molecule has 7 nitrogen and oxygen atoms in total. The maximum absolute atomic E-state index is 5.40. The standard InChI is InChI=1S/C20H30N6O.HI/c1-15-8-9-16(13-17(15)27-3)10-11-22-20(21-2)23-14-19-25-24-18-7-5-4-6-12-26(18)19;/h8-9,13H,4-7,10-12,14H2,1-3H3,(H2,21,22,23);1H. The van der Waals surface area contributed by atoms with E-state index in [0.717, 1.165) is 54.9 Å². The molecule has 0 bridgehead atoms. The third kappa shape index (κ3) is 5.83. The van der Waals surface area contributed by atoms with Gasteiger partial charge in [-0.05, 0) is 43.4 Å². The van der Waals surface area contributed by atoms with Gasteiger partial charge in [0.25, 0.3) is 0 Å². The van der Waals surface area contributed by atoms with Crippen LogP contribution in [0.2, 0.25) is 0 Å². The summed E-state index contributed by atoms with van der Waals surface area (Å²) in [5.74, 6) is 3.81. The topological polar surface area (TPSA) is 76.4 Å². The summed E-state index contributed by atoms with van der Waals surface area (Å²) in [5, 5.41) is 15.4. The Hall–Kier alpha value is -1.84. The Kier molecular flexibility index (Phi) is 9.01. The Morgan fingerprint density at radius 3 is 2.86 bits per heavy atom. The number of ether oxygens (including phenoxy) is 1. The van der Waals surface area contributed by atoms with Crippen LogP contribution >= 0.6 is 24.0 Å². The van der Waals surface area contributed by atoms with E-state index in [4.69, 9.17) is 4.74 Å². The Morgan fingerprint density at radius 2 is 2.07 bits per heavy atom. The van der Waals surface area contributed by atoms with E-state index in [1.165, 1.54) is 24.8 Å². The van der Waals surface area contributed by atoms with Crippen molar-refractivity contribution in [1.29, 1.82) is 0 Å². The minimum Gasteiger partial charge on any atom is -0.496 e. The zero-order valence-corrected chi connectivity index (χ0v) is 19.3. The smallest absolute Gasteiger partial charge is 0.191 e. The van der Waals surface area contributed by atoms with Crippen molar-refractivity contribution in [1.82, 2.24) is 25.4 Å². The van der Waals surface area contributed by atoms with Gasteiger partial charge in [0.15, 0.2) is 11.8 Å². The molecule has 0 amide bonds. The van der Waals surface area contributed by atoms with Crippen LogP contribution < -0.4 is 15.4 Å². The first-order valence-corrected chi connectivity index (χ1v) is 9.70. The van der Waals surface area contributed by atoms with Crippen molar-refractivity contribution < 1.29 is 4.74 Å². The summed E-state index contributed by atoms with van der Waals surface area (Å²) < 4.78 is 7.65. The monoisotopic (exact) mass is 498 g/mol. The Balaban J connectivity index is 0.00000280. The number of methoxy groups -OCH3 is 1. The predicted molar refractivity (Wildman–Crippen MR) is 123 cm³/mol. The lowest BCUT2D eigenvalue weighted by molar-refractivity contribution is 0.411. The van der Waals surface area contributed by atoms with Crippen LogP contribution in [0.15, 0.2) is 23.2 Å². The molecule has 2 aromatic rings. The molecule has 3 rings (SSSR count). The SMILES string of the molecule is CN=C(NCCc1ccc(C)c(OC)c1)NCc1nnc2n1CCCCC2.I. The summed E-state index contributed by atoms with van der Waals surface area (Å²) in [5.41, 5.74) is 2.39. The van der Waals surface area contributed by atoms with Crippen molar-refractivity contribution >= 4 is 29.9 Å². The van der Waals surface area contributed by atoms with Gasteiger partial charge in [-0.1, -0.05) is 18.6 Å². The van der Waals surface area contributed by atoms with Gasteiger partial charge in [-0.25, -0.2) is 0 Å². The third-order valence-electron chi connectivity index (χ3n) is 5.00. The summed E-state index contributed by atoms with van der Waals surface area (Å²) in [4.78, 5) is 4.31. The average Bonchev–Trinajstić information content (AvgIpc) is 2.92. The molecular formula is C20H31IN6O. The number of aliphatic imine (C=N–C) groups is 1. The third-order valence-corrected chi connectivity index (χ3v) is 5.00. The fraction of sp³-hybridized carbons (Fsp3) is 0.550. The van der Waals surface area contributed by atoms with E-state index in [2.05, 4.69) is 55.5 Å². The van der Waals surface area contributed by atoms with Crippen LogP contribution in [0.25, 0.3) is 0 Å². The van der Waals surface area contributed by atoms with E-state index in [9.17, 15) is 0 Å². The summed E-state index contributed by atoms with van der Waals surface area (Å²) in [7, 11) is 3.50. The second-order valence-corrected chi connectivity index (χ2v) is 6.90. The Labute approximate surface area is 184 Å². The van der Waals surface area contributed by atoms with Gasteiger partial charge in [0, 0.05) is 26.6 Å². The van der Waals surface area contributed by atoms with Gasteiger partial charge < -0.3 is 19.9 Å². The zero-order valence-electron chi connectivity index (χ0n) is 17.0. The zero-order chi connectivity index (χ0) is 19.1. The van der Waals surface area contributed by atoms with Gasteiger partial charge >= 0.3 is 0 Å². The number of fused-ring (bicyclic) bond motifs is 1. The quantitative estimate of drug-likeness (QED) is 0.364. The average molecular weight is 498 g/mol. The lowest BCUT2D eigenvalue weighted by Crippen LogP contribution is -2.38. The van der Waals surface area contributed by atoms with E-state index in [0.29, 0.717) is 6.54 Å². The fourth-order valence-electron chi connectivity index (χ4n) is 3.40. The molecule has 154 valence electrons. The summed E-state index contributed by atoms with van der Waals surface area (Å²) >= 11 is 0. The number of benzene rings is 1.